The van der Waals surface area contributed by atoms with Gasteiger partial charge in [-0.15, -0.1) is 10.2 Å². The smallest absolute Gasteiger partial charge is 0.260 e. The van der Waals surface area contributed by atoms with Gasteiger partial charge in [0, 0.05) is 54.7 Å². The average molecular weight is 605 g/mol. The van der Waals surface area contributed by atoms with Crippen LogP contribution in [0.25, 0.3) is 22.5 Å². The highest BCUT2D eigenvalue weighted by molar-refractivity contribution is 6.10. The molecule has 2 fully saturated rings. The number of aromatic nitrogens is 4. The number of nitriles is 1. The molecule has 10 heteroatoms. The molecule has 9 nitrogen and oxygen atoms in total. The Hall–Kier alpha value is -4.62. The van der Waals surface area contributed by atoms with Gasteiger partial charge in [-0.05, 0) is 73.6 Å². The molecule has 0 saturated heterocycles. The molecule has 2 aliphatic carbocycles. The van der Waals surface area contributed by atoms with Gasteiger partial charge in [0.05, 0.1) is 12.6 Å². The lowest BCUT2D eigenvalue weighted by Crippen LogP contribution is -2.26. The Labute approximate surface area is 262 Å². The molecule has 2 N–H and O–H groups in total. The van der Waals surface area contributed by atoms with Gasteiger partial charge in [0.1, 0.15) is 23.8 Å². The number of fused-ring (bicyclic) bond motifs is 1. The third-order valence-electron chi connectivity index (χ3n) is 9.58. The Kier molecular flexibility index (Phi) is 7.58. The van der Waals surface area contributed by atoms with Crippen LogP contribution in [0.4, 0.5) is 16.0 Å². The lowest BCUT2D eigenvalue weighted by Gasteiger charge is -2.20. The van der Waals surface area contributed by atoms with E-state index in [1.54, 1.807) is 17.3 Å². The van der Waals surface area contributed by atoms with E-state index in [0.717, 1.165) is 53.5 Å². The Morgan fingerprint density at radius 3 is 2.64 bits per heavy atom. The molecule has 7 rings (SSSR count). The van der Waals surface area contributed by atoms with Crippen LogP contribution >= 0.6 is 0 Å². The summed E-state index contributed by atoms with van der Waals surface area (Å²) in [6.07, 6.45) is 8.84. The fraction of sp³-hybridized carbons (Fsp3) is 0.400. The first kappa shape index (κ1) is 29.1. The zero-order valence-corrected chi connectivity index (χ0v) is 25.7. The number of amides is 1. The van der Waals surface area contributed by atoms with E-state index in [1.807, 2.05) is 48.9 Å². The first-order chi connectivity index (χ1) is 21.8. The highest BCUT2D eigenvalue weighted by Crippen LogP contribution is 2.48. The summed E-state index contributed by atoms with van der Waals surface area (Å²) < 4.78 is 17.4. The summed E-state index contributed by atoms with van der Waals surface area (Å²) in [6.45, 7) is 3.29. The van der Waals surface area contributed by atoms with Crippen LogP contribution in [0, 0.1) is 29.5 Å². The van der Waals surface area contributed by atoms with Gasteiger partial charge in [-0.1, -0.05) is 36.6 Å². The van der Waals surface area contributed by atoms with Crippen LogP contribution in [0.3, 0.4) is 0 Å². The number of nitrogens with one attached hydrogen (secondary N) is 2. The van der Waals surface area contributed by atoms with Gasteiger partial charge in [-0.25, -0.2) is 9.37 Å². The number of benzene rings is 2. The number of rotatable bonds is 10. The van der Waals surface area contributed by atoms with Gasteiger partial charge >= 0.3 is 0 Å². The summed E-state index contributed by atoms with van der Waals surface area (Å²) in [7, 11) is 1.90. The number of hydrogen-bond donors (Lipinski definition) is 2. The first-order valence-corrected chi connectivity index (χ1v) is 15.8. The van der Waals surface area contributed by atoms with Crippen LogP contribution in [0.15, 0.2) is 48.8 Å². The molecule has 3 aliphatic rings. The summed E-state index contributed by atoms with van der Waals surface area (Å²) in [4.78, 5) is 20.4. The molecule has 1 aliphatic heterocycles. The van der Waals surface area contributed by atoms with E-state index in [-0.39, 0.29) is 23.7 Å². The molecule has 2 saturated carbocycles. The number of halogens is 1. The Bertz CT molecular complexity index is 1810. The van der Waals surface area contributed by atoms with E-state index < -0.39 is 0 Å². The molecular weight excluding hydrogens is 567 g/mol. The molecule has 3 heterocycles. The predicted molar refractivity (Wildman–Crippen MR) is 171 cm³/mol. The molecule has 2 aromatic carbocycles. The van der Waals surface area contributed by atoms with E-state index >= 15 is 4.39 Å². The topological polar surface area (TPSA) is 112 Å². The maximum Gasteiger partial charge on any atom is 0.260 e. The van der Waals surface area contributed by atoms with E-state index in [2.05, 4.69) is 33.0 Å². The molecule has 2 aromatic heterocycles. The van der Waals surface area contributed by atoms with Crippen LogP contribution in [0.2, 0.25) is 0 Å². The van der Waals surface area contributed by atoms with Crippen LogP contribution in [0.1, 0.15) is 72.0 Å². The summed E-state index contributed by atoms with van der Waals surface area (Å²) in [5.74, 6) is 1.13. The lowest BCUT2D eigenvalue weighted by atomic mass is 9.97. The van der Waals surface area contributed by atoms with Crippen molar-refractivity contribution in [2.75, 3.05) is 16.8 Å². The Morgan fingerprint density at radius 1 is 1.09 bits per heavy atom. The highest BCUT2D eigenvalue weighted by atomic mass is 19.1. The maximum absolute atomic E-state index is 15.5. The van der Waals surface area contributed by atoms with Crippen molar-refractivity contribution in [3.63, 3.8) is 0 Å². The van der Waals surface area contributed by atoms with Gasteiger partial charge < -0.3 is 15.2 Å². The van der Waals surface area contributed by atoms with Crippen molar-refractivity contribution in [1.82, 2.24) is 25.1 Å². The van der Waals surface area contributed by atoms with Crippen molar-refractivity contribution in [3.8, 4) is 28.6 Å². The molecule has 0 spiro atoms. The number of nitrogens with zero attached hydrogens (tertiary/aromatic N) is 6. The van der Waals surface area contributed by atoms with Crippen LogP contribution < -0.4 is 15.5 Å². The van der Waals surface area contributed by atoms with Gasteiger partial charge in [0.15, 0.2) is 5.82 Å². The minimum absolute atomic E-state index is 0.0501. The molecule has 0 atom stereocenters. The van der Waals surface area contributed by atoms with Crippen LogP contribution in [-0.4, -0.2) is 38.2 Å². The van der Waals surface area contributed by atoms with Gasteiger partial charge in [0.25, 0.3) is 5.91 Å². The van der Waals surface area contributed by atoms with Crippen molar-refractivity contribution in [2.24, 2.45) is 12.5 Å². The minimum atomic E-state index is -0.364. The van der Waals surface area contributed by atoms with Gasteiger partial charge in [-0.3, -0.25) is 9.69 Å². The summed E-state index contributed by atoms with van der Waals surface area (Å²) in [5.41, 5.74) is 5.25. The number of carbonyl (C=O) groups excluding carboxylic acids is 1. The average Bonchev–Trinajstić information content (AvgIpc) is 3.33. The van der Waals surface area contributed by atoms with E-state index in [9.17, 15) is 10.1 Å². The number of carbonyl (C=O) groups is 1. The minimum Gasteiger partial charge on any atom is -0.369 e. The standard InChI is InChI=1S/C35H37FN8O/c1-22-7-8-26(33-42-40-21-43(33)2)27(13-22)24-16-31(39-20-35(9-10-35)11-12-37)41-32(17-24)44-19-29-28(34(44)45)14-23(15-30(29)36)18-38-25-5-3-4-6-25/h7-8,13-17,21,25,38H,3-6,9-11,18-20H2,1-2H3,(H,39,41). The molecular formula is C35H37FN8O. The number of anilines is 2. The lowest BCUT2D eigenvalue weighted by molar-refractivity contribution is 0.0996. The van der Waals surface area contributed by atoms with Crippen molar-refractivity contribution in [3.05, 3.63) is 76.9 Å². The zero-order valence-electron chi connectivity index (χ0n) is 25.7. The second-order valence-corrected chi connectivity index (χ2v) is 13.0. The third kappa shape index (κ3) is 5.80. The van der Waals surface area contributed by atoms with Crippen LogP contribution in [-0.2, 0) is 20.1 Å². The molecule has 0 bridgehead atoms. The summed E-state index contributed by atoms with van der Waals surface area (Å²) in [5, 5.41) is 24.8. The Morgan fingerprint density at radius 2 is 1.91 bits per heavy atom. The predicted octanol–water partition coefficient (Wildman–Crippen LogP) is 6.29. The molecule has 4 aromatic rings. The van der Waals surface area contributed by atoms with Crippen molar-refractivity contribution in [2.45, 2.75) is 71.0 Å². The second-order valence-electron chi connectivity index (χ2n) is 13.0. The first-order valence-electron chi connectivity index (χ1n) is 15.8. The summed E-state index contributed by atoms with van der Waals surface area (Å²) in [6, 6.07) is 16.2. The molecule has 230 valence electrons. The van der Waals surface area contributed by atoms with Crippen molar-refractivity contribution in [1.29, 1.82) is 5.26 Å². The van der Waals surface area contributed by atoms with Crippen molar-refractivity contribution >= 4 is 17.5 Å². The zero-order chi connectivity index (χ0) is 31.1. The molecule has 1 amide bonds. The number of hydrogen-bond acceptors (Lipinski definition) is 7. The fourth-order valence-electron chi connectivity index (χ4n) is 6.66. The van der Waals surface area contributed by atoms with Crippen molar-refractivity contribution < 1.29 is 9.18 Å². The number of aryl methyl sites for hydroxylation is 2. The highest BCUT2D eigenvalue weighted by Gasteiger charge is 2.42. The third-order valence-corrected chi connectivity index (χ3v) is 9.58. The second kappa shape index (κ2) is 11.7. The molecule has 45 heavy (non-hydrogen) atoms. The van der Waals surface area contributed by atoms with Crippen LogP contribution in [0.5, 0.6) is 0 Å². The maximum atomic E-state index is 15.5. The number of pyridine rings is 1. The monoisotopic (exact) mass is 604 g/mol. The molecule has 0 unspecified atom stereocenters. The SMILES string of the molecule is Cc1ccc(-c2nncn2C)c(-c2cc(NCC3(CC#N)CC3)nc(N3Cc4c(F)cc(CNC5CCCC5)cc4C3=O)c2)c1. The quantitative estimate of drug-likeness (QED) is 0.219. The largest absolute Gasteiger partial charge is 0.369 e. The Balaban J connectivity index is 1.25. The van der Waals surface area contributed by atoms with E-state index in [0.29, 0.717) is 54.1 Å². The van der Waals surface area contributed by atoms with Gasteiger partial charge in [-0.2, -0.15) is 5.26 Å². The van der Waals surface area contributed by atoms with E-state index in [4.69, 9.17) is 4.98 Å². The van der Waals surface area contributed by atoms with E-state index in [1.165, 1.54) is 12.8 Å². The molecule has 0 radical (unpaired) electrons. The van der Waals surface area contributed by atoms with Gasteiger partial charge in [0.2, 0.25) is 0 Å². The summed E-state index contributed by atoms with van der Waals surface area (Å²) >= 11 is 0. The fourth-order valence-corrected chi connectivity index (χ4v) is 6.66. The normalized spacial score (nSPS) is 17.0.